The fraction of sp³-hybridized carbons (Fsp3) is 0.476. The number of piperidine rings is 1. The molecule has 3 amide bonds. The predicted octanol–water partition coefficient (Wildman–Crippen LogP) is 5.33. The lowest BCUT2D eigenvalue weighted by molar-refractivity contribution is 0.0174. The van der Waals surface area contributed by atoms with Gasteiger partial charge in [-0.05, 0) is 57.9 Å². The number of urea groups is 1. The number of anilines is 1. The van der Waals surface area contributed by atoms with Crippen molar-refractivity contribution >= 4 is 40.7 Å². The zero-order valence-corrected chi connectivity index (χ0v) is 19.2. The summed E-state index contributed by atoms with van der Waals surface area (Å²) in [7, 11) is 1.78. The van der Waals surface area contributed by atoms with Crippen molar-refractivity contribution in [2.45, 2.75) is 45.3 Å². The van der Waals surface area contributed by atoms with Crippen molar-refractivity contribution in [1.82, 2.24) is 14.8 Å². The van der Waals surface area contributed by atoms with Gasteiger partial charge in [-0.1, -0.05) is 11.6 Å². The van der Waals surface area contributed by atoms with Crippen LogP contribution in [0.25, 0.3) is 10.6 Å². The van der Waals surface area contributed by atoms with E-state index in [0.29, 0.717) is 36.0 Å². The highest BCUT2D eigenvalue weighted by Crippen LogP contribution is 2.30. The van der Waals surface area contributed by atoms with Crippen molar-refractivity contribution in [2.75, 3.05) is 25.5 Å². The van der Waals surface area contributed by atoms with Crippen molar-refractivity contribution in [3.63, 3.8) is 0 Å². The maximum Gasteiger partial charge on any atom is 0.410 e. The van der Waals surface area contributed by atoms with Crippen LogP contribution in [-0.4, -0.2) is 58.7 Å². The molecule has 3 rings (SSSR count). The van der Waals surface area contributed by atoms with Gasteiger partial charge in [0.2, 0.25) is 0 Å². The Hall–Kier alpha value is -2.32. The van der Waals surface area contributed by atoms with E-state index >= 15 is 0 Å². The van der Waals surface area contributed by atoms with Crippen LogP contribution in [0.3, 0.4) is 0 Å². The van der Waals surface area contributed by atoms with Crippen LogP contribution < -0.4 is 5.32 Å². The third kappa shape index (κ3) is 5.86. The van der Waals surface area contributed by atoms with Crippen molar-refractivity contribution in [1.29, 1.82) is 0 Å². The van der Waals surface area contributed by atoms with Gasteiger partial charge < -0.3 is 19.9 Å². The van der Waals surface area contributed by atoms with Crippen LogP contribution in [0.5, 0.6) is 0 Å². The number of pyridine rings is 1. The zero-order valence-electron chi connectivity index (χ0n) is 17.6. The van der Waals surface area contributed by atoms with Crippen molar-refractivity contribution < 1.29 is 14.3 Å². The summed E-state index contributed by atoms with van der Waals surface area (Å²) >= 11 is 7.43. The Balaban J connectivity index is 1.51. The number of carbonyl (C=O) groups is 2. The van der Waals surface area contributed by atoms with Gasteiger partial charge in [-0.3, -0.25) is 4.98 Å². The zero-order chi connectivity index (χ0) is 21.9. The van der Waals surface area contributed by atoms with Crippen molar-refractivity contribution in [3.05, 3.63) is 34.8 Å². The van der Waals surface area contributed by atoms with Crippen LogP contribution >= 0.6 is 22.9 Å². The number of likely N-dealkylation sites (tertiary alicyclic amines) is 1. The number of hydrogen-bond donors (Lipinski definition) is 1. The predicted molar refractivity (Wildman–Crippen MR) is 120 cm³/mol. The van der Waals surface area contributed by atoms with Crippen LogP contribution in [0.4, 0.5) is 15.3 Å². The first-order valence-corrected chi connectivity index (χ1v) is 11.1. The first-order chi connectivity index (χ1) is 14.1. The number of halogens is 1. The van der Waals surface area contributed by atoms with Crippen LogP contribution in [-0.2, 0) is 4.74 Å². The van der Waals surface area contributed by atoms with E-state index in [4.69, 9.17) is 16.3 Å². The monoisotopic (exact) mass is 450 g/mol. The van der Waals surface area contributed by atoms with Gasteiger partial charge in [0, 0.05) is 26.2 Å². The maximum atomic E-state index is 12.6. The lowest BCUT2D eigenvalue weighted by atomic mass is 10.0. The molecule has 1 N–H and O–H groups in total. The van der Waals surface area contributed by atoms with Gasteiger partial charge in [-0.2, -0.15) is 0 Å². The van der Waals surface area contributed by atoms with Crippen LogP contribution in [0, 0.1) is 0 Å². The van der Waals surface area contributed by atoms with Gasteiger partial charge in [0.1, 0.15) is 5.60 Å². The summed E-state index contributed by atoms with van der Waals surface area (Å²) in [4.78, 5) is 33.6. The SMILES string of the molecule is CN(C(=O)Nc1ccc(-c2ccc(Cl)s2)nc1)C1CCN(C(=O)OC(C)(C)C)CC1. The topological polar surface area (TPSA) is 74.8 Å². The molecule has 162 valence electrons. The summed E-state index contributed by atoms with van der Waals surface area (Å²) in [5.41, 5.74) is 0.932. The molecule has 0 spiro atoms. The summed E-state index contributed by atoms with van der Waals surface area (Å²) in [6, 6.07) is 7.31. The minimum Gasteiger partial charge on any atom is -0.444 e. The molecular formula is C21H27ClN4O3S. The molecule has 9 heteroatoms. The molecule has 1 aliphatic rings. The van der Waals surface area contributed by atoms with E-state index in [1.54, 1.807) is 23.0 Å². The van der Waals surface area contributed by atoms with E-state index in [1.165, 1.54) is 11.3 Å². The van der Waals surface area contributed by atoms with Crippen LogP contribution in [0.2, 0.25) is 4.34 Å². The molecule has 1 fully saturated rings. The highest BCUT2D eigenvalue weighted by molar-refractivity contribution is 7.19. The Bertz CT molecular complexity index is 886. The van der Waals surface area contributed by atoms with E-state index in [-0.39, 0.29) is 18.2 Å². The molecule has 2 aromatic rings. The molecule has 3 heterocycles. The third-order valence-corrected chi connectivity index (χ3v) is 6.08. The van der Waals surface area contributed by atoms with E-state index in [0.717, 1.165) is 10.6 Å². The lowest BCUT2D eigenvalue weighted by Gasteiger charge is -2.37. The molecule has 0 aromatic carbocycles. The van der Waals surface area contributed by atoms with Gasteiger partial charge in [0.15, 0.2) is 0 Å². The third-order valence-electron chi connectivity index (χ3n) is 4.82. The summed E-state index contributed by atoms with van der Waals surface area (Å²) in [6.45, 7) is 6.69. The van der Waals surface area contributed by atoms with Gasteiger partial charge >= 0.3 is 12.1 Å². The molecule has 0 radical (unpaired) electrons. The second kappa shape index (κ2) is 9.22. The Morgan fingerprint density at radius 2 is 1.93 bits per heavy atom. The molecule has 0 aliphatic carbocycles. The minimum atomic E-state index is -0.510. The number of aromatic nitrogens is 1. The van der Waals surface area contributed by atoms with Crippen molar-refractivity contribution in [2.24, 2.45) is 0 Å². The molecule has 0 bridgehead atoms. The van der Waals surface area contributed by atoms with Gasteiger partial charge in [-0.15, -0.1) is 11.3 Å². The fourth-order valence-corrected chi connectivity index (χ4v) is 4.23. The lowest BCUT2D eigenvalue weighted by Crippen LogP contribution is -2.49. The summed E-state index contributed by atoms with van der Waals surface area (Å²) in [5.74, 6) is 0. The number of carbonyl (C=O) groups excluding carboxylic acids is 2. The smallest absolute Gasteiger partial charge is 0.410 e. The number of thiophene rings is 1. The quantitative estimate of drug-likeness (QED) is 0.686. The molecule has 1 aliphatic heterocycles. The number of nitrogens with zero attached hydrogens (tertiary/aromatic N) is 3. The second-order valence-corrected chi connectivity index (χ2v) is 9.99. The summed E-state index contributed by atoms with van der Waals surface area (Å²) < 4.78 is 6.13. The number of nitrogens with one attached hydrogen (secondary N) is 1. The first-order valence-electron chi connectivity index (χ1n) is 9.86. The Labute approximate surface area is 186 Å². The van der Waals surface area contributed by atoms with Gasteiger partial charge in [0.05, 0.1) is 26.8 Å². The van der Waals surface area contributed by atoms with Crippen LogP contribution in [0.1, 0.15) is 33.6 Å². The minimum absolute atomic E-state index is 0.0594. The normalized spacial score (nSPS) is 15.0. The van der Waals surface area contributed by atoms with E-state index in [9.17, 15) is 9.59 Å². The highest BCUT2D eigenvalue weighted by Gasteiger charge is 2.30. The Morgan fingerprint density at radius 3 is 2.47 bits per heavy atom. The van der Waals surface area contributed by atoms with E-state index < -0.39 is 5.60 Å². The fourth-order valence-electron chi connectivity index (χ4n) is 3.21. The molecule has 7 nitrogen and oxygen atoms in total. The molecule has 0 unspecified atom stereocenters. The highest BCUT2D eigenvalue weighted by atomic mass is 35.5. The van der Waals surface area contributed by atoms with Gasteiger partial charge in [0.25, 0.3) is 0 Å². The molecule has 0 saturated carbocycles. The molecule has 1 saturated heterocycles. The average Bonchev–Trinajstić information content (AvgIpc) is 3.13. The largest absolute Gasteiger partial charge is 0.444 e. The number of ether oxygens (including phenoxy) is 1. The molecule has 2 aromatic heterocycles. The number of rotatable bonds is 3. The first kappa shape index (κ1) is 22.4. The summed E-state index contributed by atoms with van der Waals surface area (Å²) in [5, 5.41) is 2.88. The molecule has 0 atom stereocenters. The molecule has 30 heavy (non-hydrogen) atoms. The Kier molecular flexibility index (Phi) is 6.88. The standard InChI is InChI=1S/C21H27ClN4O3S/c1-21(2,3)29-20(28)26-11-9-15(10-12-26)25(4)19(27)24-14-5-6-16(23-13-14)17-7-8-18(22)30-17/h5-8,13,15H,9-12H2,1-4H3,(H,24,27). The molecular weight excluding hydrogens is 424 g/mol. The summed E-state index contributed by atoms with van der Waals surface area (Å²) in [6.07, 6.45) is 2.75. The van der Waals surface area contributed by atoms with Crippen LogP contribution in [0.15, 0.2) is 30.5 Å². The Morgan fingerprint density at radius 1 is 1.23 bits per heavy atom. The average molecular weight is 451 g/mol. The van der Waals surface area contributed by atoms with E-state index in [2.05, 4.69) is 10.3 Å². The number of amides is 3. The number of hydrogen-bond acceptors (Lipinski definition) is 5. The van der Waals surface area contributed by atoms with E-state index in [1.807, 2.05) is 45.0 Å². The maximum absolute atomic E-state index is 12.6. The van der Waals surface area contributed by atoms with Crippen molar-refractivity contribution in [3.8, 4) is 10.6 Å². The second-order valence-electron chi connectivity index (χ2n) is 8.28. The van der Waals surface area contributed by atoms with Gasteiger partial charge in [-0.25, -0.2) is 9.59 Å².